The molecule has 3 heterocycles. The Hall–Kier alpha value is -4.19. The van der Waals surface area contributed by atoms with Crippen LogP contribution < -0.4 is 10.6 Å². The molecule has 2 aliphatic heterocycles. The third kappa shape index (κ3) is 6.28. The number of hydrogen-bond donors (Lipinski definition) is 3. The summed E-state index contributed by atoms with van der Waals surface area (Å²) in [5.74, 6) is -1.06. The van der Waals surface area contributed by atoms with Crippen molar-refractivity contribution in [2.75, 3.05) is 13.1 Å². The topological polar surface area (TPSA) is 142 Å². The quantitative estimate of drug-likeness (QED) is 0.381. The van der Waals surface area contributed by atoms with E-state index in [9.17, 15) is 19.5 Å². The third-order valence-electron chi connectivity index (χ3n) is 6.53. The van der Waals surface area contributed by atoms with Crippen molar-refractivity contribution in [3.05, 3.63) is 71.9 Å². The number of phenols is 1. The highest BCUT2D eigenvalue weighted by Gasteiger charge is 2.41. The molecular weight excluding hydrogens is 570 g/mol. The molecule has 0 saturated carbocycles. The molecule has 3 aromatic rings. The van der Waals surface area contributed by atoms with E-state index in [4.69, 9.17) is 9.57 Å². The summed E-state index contributed by atoms with van der Waals surface area (Å²) in [6.45, 7) is 0.229. The van der Waals surface area contributed by atoms with Crippen LogP contribution in [-0.2, 0) is 21.0 Å². The van der Waals surface area contributed by atoms with E-state index in [1.54, 1.807) is 18.3 Å². The second-order valence-electron chi connectivity index (χ2n) is 9.33. The number of likely N-dealkylation sites (tertiary alicyclic amines) is 1. The summed E-state index contributed by atoms with van der Waals surface area (Å²) in [7, 11) is 0. The molecule has 5 rings (SSSR count). The minimum atomic E-state index is -0.882. The SMILES string of the molecule is O=C(NC1CC(C(=O)NCC2CC(Br)=NO2)N(C(=O)OCc2cnc3ccccc3c2)C1)c1ccccc1O. The van der Waals surface area contributed by atoms with Gasteiger partial charge in [0.25, 0.3) is 5.91 Å². The Labute approximate surface area is 232 Å². The molecule has 3 amide bonds. The number of nitrogens with one attached hydrogen (secondary N) is 2. The minimum Gasteiger partial charge on any atom is -0.507 e. The van der Waals surface area contributed by atoms with Crippen LogP contribution >= 0.6 is 15.9 Å². The van der Waals surface area contributed by atoms with Gasteiger partial charge in [-0.3, -0.25) is 19.5 Å². The molecule has 0 spiro atoms. The first-order valence-corrected chi connectivity index (χ1v) is 13.2. The van der Waals surface area contributed by atoms with E-state index in [0.717, 1.165) is 10.9 Å². The lowest BCUT2D eigenvalue weighted by Crippen LogP contribution is -2.47. The minimum absolute atomic E-state index is 0.0301. The molecule has 2 aromatic carbocycles. The van der Waals surface area contributed by atoms with Gasteiger partial charge >= 0.3 is 6.09 Å². The van der Waals surface area contributed by atoms with Gasteiger partial charge in [0, 0.05) is 36.2 Å². The molecule has 1 aromatic heterocycles. The van der Waals surface area contributed by atoms with Crippen molar-refractivity contribution in [3.8, 4) is 5.75 Å². The lowest BCUT2D eigenvalue weighted by molar-refractivity contribution is -0.125. The average Bonchev–Trinajstić information content (AvgIpc) is 3.56. The van der Waals surface area contributed by atoms with Crippen molar-refractivity contribution < 1.29 is 29.1 Å². The molecule has 202 valence electrons. The highest BCUT2D eigenvalue weighted by atomic mass is 79.9. The molecule has 0 bridgehead atoms. The number of benzene rings is 2. The largest absolute Gasteiger partial charge is 0.507 e. The number of pyridine rings is 1. The molecule has 3 N–H and O–H groups in total. The van der Waals surface area contributed by atoms with Crippen LogP contribution in [0.15, 0.2) is 65.9 Å². The molecule has 3 unspecified atom stereocenters. The molecule has 39 heavy (non-hydrogen) atoms. The second-order valence-corrected chi connectivity index (χ2v) is 10.2. The maximum Gasteiger partial charge on any atom is 0.410 e. The number of aromatic hydroxyl groups is 1. The number of aromatic nitrogens is 1. The zero-order chi connectivity index (χ0) is 27.4. The van der Waals surface area contributed by atoms with Crippen LogP contribution in [0.4, 0.5) is 4.79 Å². The summed E-state index contributed by atoms with van der Waals surface area (Å²) >= 11 is 3.27. The number of para-hydroxylation sites is 2. The third-order valence-corrected chi connectivity index (χ3v) is 7.00. The number of amides is 3. The maximum absolute atomic E-state index is 13.2. The predicted octanol–water partition coefficient (Wildman–Crippen LogP) is 3.06. The molecule has 11 nitrogen and oxygen atoms in total. The van der Waals surface area contributed by atoms with Crippen molar-refractivity contribution >= 4 is 49.4 Å². The molecule has 12 heteroatoms. The van der Waals surface area contributed by atoms with Crippen LogP contribution in [0.1, 0.15) is 28.8 Å². The number of carbonyl (C=O) groups is 3. The van der Waals surface area contributed by atoms with E-state index in [2.05, 4.69) is 36.7 Å². The zero-order valence-electron chi connectivity index (χ0n) is 20.7. The molecule has 3 atom stereocenters. The summed E-state index contributed by atoms with van der Waals surface area (Å²) in [4.78, 5) is 50.0. The van der Waals surface area contributed by atoms with Crippen LogP contribution in [0.3, 0.4) is 0 Å². The first-order chi connectivity index (χ1) is 18.9. The maximum atomic E-state index is 13.2. The van der Waals surface area contributed by atoms with E-state index in [1.807, 2.05) is 30.3 Å². The normalized spacial score (nSPS) is 20.3. The van der Waals surface area contributed by atoms with Crippen LogP contribution in [0, 0.1) is 0 Å². The van der Waals surface area contributed by atoms with Crippen LogP contribution in [0.5, 0.6) is 5.75 Å². The number of nitrogens with zero attached hydrogens (tertiary/aromatic N) is 3. The summed E-state index contributed by atoms with van der Waals surface area (Å²) < 4.78 is 6.21. The van der Waals surface area contributed by atoms with Crippen LogP contribution in [-0.4, -0.2) is 68.8 Å². The number of oxime groups is 1. The number of ether oxygens (including phenoxy) is 1. The molecule has 0 aliphatic carbocycles. The van der Waals surface area contributed by atoms with Crippen molar-refractivity contribution in [3.63, 3.8) is 0 Å². The van der Waals surface area contributed by atoms with E-state index >= 15 is 0 Å². The Kier molecular flexibility index (Phi) is 7.92. The molecule has 1 saturated heterocycles. The first kappa shape index (κ1) is 26.4. The van der Waals surface area contributed by atoms with Gasteiger partial charge in [0.05, 0.1) is 17.6 Å². The summed E-state index contributed by atoms with van der Waals surface area (Å²) in [6, 6.07) is 14.2. The fraction of sp³-hybridized carbons (Fsp3) is 0.296. The summed E-state index contributed by atoms with van der Waals surface area (Å²) in [5.41, 5.74) is 1.64. The van der Waals surface area contributed by atoms with E-state index in [1.165, 1.54) is 17.0 Å². The van der Waals surface area contributed by atoms with E-state index in [0.29, 0.717) is 16.6 Å². The highest BCUT2D eigenvalue weighted by molar-refractivity contribution is 9.18. The van der Waals surface area contributed by atoms with Gasteiger partial charge in [-0.2, -0.15) is 0 Å². The lowest BCUT2D eigenvalue weighted by Gasteiger charge is -2.23. The molecule has 1 fully saturated rings. The number of rotatable bonds is 7. The number of fused-ring (bicyclic) bond motifs is 1. The summed E-state index contributed by atoms with van der Waals surface area (Å²) in [5, 5.41) is 20.4. The predicted molar refractivity (Wildman–Crippen MR) is 145 cm³/mol. The Bertz CT molecular complexity index is 1430. The van der Waals surface area contributed by atoms with Gasteiger partial charge in [-0.1, -0.05) is 35.5 Å². The zero-order valence-corrected chi connectivity index (χ0v) is 22.3. The number of halogens is 1. The van der Waals surface area contributed by atoms with Gasteiger partial charge in [-0.05, 0) is 46.6 Å². The van der Waals surface area contributed by atoms with Gasteiger partial charge < -0.3 is 25.3 Å². The van der Waals surface area contributed by atoms with Gasteiger partial charge in [0.2, 0.25) is 5.91 Å². The Morgan fingerprint density at radius 2 is 1.95 bits per heavy atom. The number of carbonyl (C=O) groups excluding carboxylic acids is 3. The molecular formula is C27H26BrN5O6. The fourth-order valence-electron chi connectivity index (χ4n) is 4.58. The van der Waals surface area contributed by atoms with Crippen molar-refractivity contribution in [1.29, 1.82) is 0 Å². The standard InChI is InChI=1S/C27H26BrN5O6/c28-24-11-19(39-32-24)13-30-26(36)22-10-18(31-25(35)20-6-2-4-8-23(20)34)14-33(22)27(37)38-15-16-9-17-5-1-3-7-21(17)29-12-16/h1-9,12,18-19,22,34H,10-11,13-15H2,(H,30,36)(H,31,35). The van der Waals surface area contributed by atoms with Crippen LogP contribution in [0.25, 0.3) is 10.9 Å². The number of phenolic OH excluding ortho intramolecular Hbond substituents is 1. The van der Waals surface area contributed by atoms with Crippen molar-refractivity contribution in [2.45, 2.75) is 37.6 Å². The van der Waals surface area contributed by atoms with Crippen LogP contribution in [0.2, 0.25) is 0 Å². The van der Waals surface area contributed by atoms with Gasteiger partial charge in [-0.25, -0.2) is 4.79 Å². The Morgan fingerprint density at radius 1 is 1.15 bits per heavy atom. The highest BCUT2D eigenvalue weighted by Crippen LogP contribution is 2.23. The van der Waals surface area contributed by atoms with Crippen molar-refractivity contribution in [2.24, 2.45) is 5.16 Å². The van der Waals surface area contributed by atoms with E-state index in [-0.39, 0.29) is 43.5 Å². The first-order valence-electron chi connectivity index (χ1n) is 12.4. The molecule has 0 radical (unpaired) electrons. The van der Waals surface area contributed by atoms with E-state index < -0.39 is 30.0 Å². The second kappa shape index (κ2) is 11.7. The van der Waals surface area contributed by atoms with Crippen molar-refractivity contribution in [1.82, 2.24) is 20.5 Å². The Balaban J connectivity index is 1.26. The molecule has 2 aliphatic rings. The Morgan fingerprint density at radius 3 is 2.74 bits per heavy atom. The number of hydrogen-bond acceptors (Lipinski definition) is 8. The fourth-order valence-corrected chi connectivity index (χ4v) is 5.02. The monoisotopic (exact) mass is 595 g/mol. The summed E-state index contributed by atoms with van der Waals surface area (Å²) in [6.07, 6.45) is 1.33. The lowest BCUT2D eigenvalue weighted by atomic mass is 10.1. The smallest absolute Gasteiger partial charge is 0.410 e. The average molecular weight is 596 g/mol. The van der Waals surface area contributed by atoms with Gasteiger partial charge in [0.15, 0.2) is 6.10 Å². The van der Waals surface area contributed by atoms with Gasteiger partial charge in [-0.15, -0.1) is 0 Å². The van der Waals surface area contributed by atoms with Gasteiger partial charge in [0.1, 0.15) is 23.0 Å².